The average molecular weight is 601 g/mol. The summed E-state index contributed by atoms with van der Waals surface area (Å²) in [6, 6.07) is 25.1. The van der Waals surface area contributed by atoms with E-state index in [1.165, 1.54) is 16.2 Å². The minimum atomic E-state index is -0.345. The summed E-state index contributed by atoms with van der Waals surface area (Å²) in [6.45, 7) is 0.463. The van der Waals surface area contributed by atoms with Gasteiger partial charge in [-0.3, -0.25) is 19.3 Å². The summed E-state index contributed by atoms with van der Waals surface area (Å²) < 4.78 is 6.18. The number of fused-ring (bicyclic) bond motifs is 9. The van der Waals surface area contributed by atoms with Gasteiger partial charge in [0.05, 0.1) is 22.5 Å². The first-order valence-corrected chi connectivity index (χ1v) is 15.8. The lowest BCUT2D eigenvalue weighted by atomic mass is 9.68. The Hall–Kier alpha value is -3.33. The Kier molecular flexibility index (Phi) is 5.95. The first-order valence-electron chi connectivity index (χ1n) is 13.8. The van der Waals surface area contributed by atoms with Crippen molar-refractivity contribution >= 4 is 52.2 Å². The molecule has 7 atom stereocenters. The van der Waals surface area contributed by atoms with E-state index in [4.69, 9.17) is 16.3 Å². The molecule has 2 saturated carbocycles. The highest BCUT2D eigenvalue weighted by Crippen LogP contribution is 2.68. The molecule has 41 heavy (non-hydrogen) atoms. The van der Waals surface area contributed by atoms with Crippen molar-refractivity contribution in [3.8, 4) is 5.75 Å². The summed E-state index contributed by atoms with van der Waals surface area (Å²) in [7, 11) is 0. The number of aromatic amines is 1. The van der Waals surface area contributed by atoms with Crippen molar-refractivity contribution in [1.29, 1.82) is 0 Å². The van der Waals surface area contributed by atoms with Crippen LogP contribution in [0.5, 0.6) is 5.75 Å². The van der Waals surface area contributed by atoms with Crippen LogP contribution in [0, 0.1) is 29.6 Å². The molecule has 2 bridgehead atoms. The van der Waals surface area contributed by atoms with Gasteiger partial charge in [0.15, 0.2) is 0 Å². The standard InChI is InChI=1S/C32H25ClN2O4S2/c33-18-9-11-19(12-10-18)35-30(36)25-21-14-22(26(25)31(35)37)27-24(21)23(28-29(40-27)34-32(38)41-28)17-7-4-8-20(13-17)39-15-16-5-2-1-3-6-16/h1-13,21-27H,14-15H2,(H,34,38)/t21-,22-,23?,24?,25?,26?,27?/m1/s1. The van der Waals surface area contributed by atoms with Gasteiger partial charge in [-0.25, -0.2) is 0 Å². The van der Waals surface area contributed by atoms with Crippen LogP contribution < -0.4 is 14.5 Å². The van der Waals surface area contributed by atoms with Crippen LogP contribution in [0.15, 0.2) is 88.7 Å². The predicted molar refractivity (Wildman–Crippen MR) is 160 cm³/mol. The molecule has 3 aromatic carbocycles. The molecule has 3 fully saturated rings. The van der Waals surface area contributed by atoms with Gasteiger partial charge in [-0.1, -0.05) is 65.4 Å². The molecule has 8 rings (SSSR count). The molecule has 3 heterocycles. The molecule has 1 N–H and O–H groups in total. The van der Waals surface area contributed by atoms with Crippen LogP contribution in [-0.2, 0) is 16.2 Å². The minimum Gasteiger partial charge on any atom is -0.489 e. The Balaban J connectivity index is 1.16. The highest BCUT2D eigenvalue weighted by Gasteiger charge is 2.69. The van der Waals surface area contributed by atoms with E-state index in [1.54, 1.807) is 36.0 Å². The number of carbonyl (C=O) groups excluding carboxylic acids is 2. The van der Waals surface area contributed by atoms with E-state index in [1.807, 2.05) is 42.5 Å². The summed E-state index contributed by atoms with van der Waals surface area (Å²) in [5, 5.41) is 1.60. The Morgan fingerprint density at radius 1 is 0.902 bits per heavy atom. The lowest BCUT2D eigenvalue weighted by molar-refractivity contribution is -0.123. The molecule has 206 valence electrons. The zero-order chi connectivity index (χ0) is 27.8. The second-order valence-corrected chi connectivity index (χ2v) is 13.9. The highest BCUT2D eigenvalue weighted by molar-refractivity contribution is 8.00. The van der Waals surface area contributed by atoms with E-state index < -0.39 is 0 Å². The van der Waals surface area contributed by atoms with Crippen LogP contribution in [-0.4, -0.2) is 22.0 Å². The van der Waals surface area contributed by atoms with Gasteiger partial charge in [0, 0.05) is 21.1 Å². The zero-order valence-corrected chi connectivity index (χ0v) is 24.1. The van der Waals surface area contributed by atoms with Gasteiger partial charge < -0.3 is 9.72 Å². The van der Waals surface area contributed by atoms with Gasteiger partial charge in [-0.2, -0.15) is 0 Å². The van der Waals surface area contributed by atoms with E-state index in [9.17, 15) is 14.4 Å². The average Bonchev–Trinajstić information content (AvgIpc) is 3.72. The maximum Gasteiger partial charge on any atom is 0.305 e. The van der Waals surface area contributed by atoms with E-state index in [-0.39, 0.29) is 57.4 Å². The summed E-state index contributed by atoms with van der Waals surface area (Å²) in [6.07, 6.45) is 0.851. The normalized spacial score (nSPS) is 29.4. The van der Waals surface area contributed by atoms with Crippen LogP contribution in [0.3, 0.4) is 0 Å². The molecule has 9 heteroatoms. The largest absolute Gasteiger partial charge is 0.489 e. The number of nitrogens with zero attached hydrogens (tertiary/aromatic N) is 1. The fourth-order valence-corrected chi connectivity index (χ4v) is 10.8. The number of ether oxygens (including phenoxy) is 1. The molecule has 1 saturated heterocycles. The quantitative estimate of drug-likeness (QED) is 0.270. The number of aromatic nitrogens is 1. The first-order chi connectivity index (χ1) is 20.0. The molecule has 4 aliphatic rings. The molecule has 0 radical (unpaired) electrons. The lowest BCUT2D eigenvalue weighted by Crippen LogP contribution is -2.42. The number of nitrogens with one attached hydrogen (secondary N) is 1. The number of H-pyrrole nitrogens is 1. The van der Waals surface area contributed by atoms with E-state index in [0.717, 1.165) is 33.2 Å². The Bertz CT molecular complexity index is 1740. The maximum absolute atomic E-state index is 13.9. The molecule has 2 amide bonds. The smallest absolute Gasteiger partial charge is 0.305 e. The third-order valence-electron chi connectivity index (χ3n) is 9.27. The van der Waals surface area contributed by atoms with E-state index >= 15 is 0 Å². The van der Waals surface area contributed by atoms with Gasteiger partial charge in [-0.05, 0) is 71.7 Å². The third kappa shape index (κ3) is 3.95. The summed E-state index contributed by atoms with van der Waals surface area (Å²) in [4.78, 5) is 45.7. The Morgan fingerprint density at radius 2 is 1.66 bits per heavy atom. The number of carbonyl (C=O) groups is 2. The number of imide groups is 1. The molecule has 6 nitrogen and oxygen atoms in total. The molecule has 5 unspecified atom stereocenters. The topological polar surface area (TPSA) is 79.5 Å². The van der Waals surface area contributed by atoms with Crippen molar-refractivity contribution < 1.29 is 14.3 Å². The van der Waals surface area contributed by atoms with E-state index in [0.29, 0.717) is 17.3 Å². The third-order valence-corrected chi connectivity index (χ3v) is 12.1. The van der Waals surface area contributed by atoms with Crippen molar-refractivity contribution in [2.24, 2.45) is 29.6 Å². The predicted octanol–water partition coefficient (Wildman–Crippen LogP) is 6.35. The summed E-state index contributed by atoms with van der Waals surface area (Å²) in [5.41, 5.74) is 2.75. The van der Waals surface area contributed by atoms with Crippen LogP contribution in [0.1, 0.15) is 28.3 Å². The number of thioether (sulfide) groups is 1. The van der Waals surface area contributed by atoms with Crippen molar-refractivity contribution in [3.05, 3.63) is 110 Å². The van der Waals surface area contributed by atoms with Crippen molar-refractivity contribution in [3.63, 3.8) is 0 Å². The SMILES string of the molecule is O=C1C2C(C(=O)N1c1ccc(Cl)cc1)[C@@H]1C[C@H]2C2Sc3[nH]c(=O)sc3C(c3cccc(OCc4ccccc4)c3)C21. The van der Waals surface area contributed by atoms with Crippen LogP contribution in [0.2, 0.25) is 5.02 Å². The molecule has 2 aliphatic heterocycles. The van der Waals surface area contributed by atoms with Crippen molar-refractivity contribution in [2.75, 3.05) is 4.90 Å². The fraction of sp³-hybridized carbons (Fsp3) is 0.281. The Morgan fingerprint density at radius 3 is 2.44 bits per heavy atom. The maximum atomic E-state index is 13.9. The summed E-state index contributed by atoms with van der Waals surface area (Å²) in [5.74, 6) is 0.0995. The molecule has 1 aromatic heterocycles. The number of halogens is 1. The number of thiazole rings is 1. The fourth-order valence-electron chi connectivity index (χ4n) is 7.77. The number of benzene rings is 3. The molecular weight excluding hydrogens is 576 g/mol. The lowest BCUT2D eigenvalue weighted by Gasteiger charge is -2.43. The van der Waals surface area contributed by atoms with Crippen LogP contribution in [0.25, 0.3) is 0 Å². The summed E-state index contributed by atoms with van der Waals surface area (Å²) >= 11 is 9.04. The minimum absolute atomic E-state index is 0.0519. The molecule has 4 aromatic rings. The number of hydrogen-bond donors (Lipinski definition) is 1. The van der Waals surface area contributed by atoms with Crippen molar-refractivity contribution in [2.45, 2.75) is 29.2 Å². The first kappa shape index (κ1) is 25.4. The zero-order valence-electron chi connectivity index (χ0n) is 21.7. The second-order valence-electron chi connectivity index (χ2n) is 11.3. The van der Waals surface area contributed by atoms with Gasteiger partial charge in [0.1, 0.15) is 12.4 Å². The Labute approximate surface area is 249 Å². The number of amides is 2. The van der Waals surface area contributed by atoms with Crippen LogP contribution >= 0.6 is 34.7 Å². The van der Waals surface area contributed by atoms with Crippen molar-refractivity contribution in [1.82, 2.24) is 4.98 Å². The molecule has 2 aliphatic carbocycles. The van der Waals surface area contributed by atoms with Gasteiger partial charge >= 0.3 is 4.87 Å². The molecular formula is C32H25ClN2O4S2. The highest BCUT2D eigenvalue weighted by atomic mass is 35.5. The van der Waals surface area contributed by atoms with Gasteiger partial charge in [0.25, 0.3) is 0 Å². The van der Waals surface area contributed by atoms with E-state index in [2.05, 4.69) is 17.1 Å². The molecule has 0 spiro atoms. The number of rotatable bonds is 5. The van der Waals surface area contributed by atoms with Gasteiger partial charge in [0.2, 0.25) is 11.8 Å². The second kappa shape index (κ2) is 9.61. The van der Waals surface area contributed by atoms with Gasteiger partial charge in [-0.15, -0.1) is 11.8 Å². The monoisotopic (exact) mass is 600 g/mol. The number of anilines is 1. The van der Waals surface area contributed by atoms with Crippen LogP contribution in [0.4, 0.5) is 5.69 Å². The number of hydrogen-bond acceptors (Lipinski definition) is 6.